The first-order valence-corrected chi connectivity index (χ1v) is 4.84. The molecule has 0 bridgehead atoms. The number of hydrogen-bond acceptors (Lipinski definition) is 2. The highest BCUT2D eigenvalue weighted by molar-refractivity contribution is 5.93. The molecule has 1 atom stereocenters. The molecule has 0 radical (unpaired) electrons. The molecule has 2 rings (SSSR count). The summed E-state index contributed by atoms with van der Waals surface area (Å²) in [4.78, 5) is 13.7. The largest absolute Gasteiger partial charge is 0.347 e. The van der Waals surface area contributed by atoms with Crippen LogP contribution in [0.5, 0.6) is 0 Å². The quantitative estimate of drug-likeness (QED) is 0.692. The van der Waals surface area contributed by atoms with Crippen molar-refractivity contribution in [2.45, 2.75) is 12.5 Å². The summed E-state index contributed by atoms with van der Waals surface area (Å²) in [6.45, 7) is 1.47. The molecule has 1 amide bonds. The Morgan fingerprint density at radius 1 is 1.64 bits per heavy atom. The molecule has 4 heteroatoms. The van der Waals surface area contributed by atoms with Crippen LogP contribution in [0.4, 0.5) is 0 Å². The van der Waals surface area contributed by atoms with Crippen LogP contribution in [0, 0.1) is 0 Å². The molecule has 1 aromatic heterocycles. The molecule has 1 aliphatic heterocycles. The smallest absolute Gasteiger partial charge is 0.270 e. The van der Waals surface area contributed by atoms with Gasteiger partial charge in [-0.15, -0.1) is 0 Å². The number of aryl methyl sites for hydroxylation is 1. The minimum Gasteiger partial charge on any atom is -0.347 e. The van der Waals surface area contributed by atoms with Crippen molar-refractivity contribution in [1.29, 1.82) is 0 Å². The van der Waals surface area contributed by atoms with Gasteiger partial charge in [-0.25, -0.2) is 0 Å². The average molecular weight is 193 g/mol. The lowest BCUT2D eigenvalue weighted by Gasteiger charge is -2.15. The van der Waals surface area contributed by atoms with Crippen molar-refractivity contribution < 1.29 is 4.79 Å². The second-order valence-electron chi connectivity index (χ2n) is 3.80. The molecule has 0 saturated carbocycles. The fourth-order valence-corrected chi connectivity index (χ4v) is 1.82. The number of carbonyl (C=O) groups is 1. The molecule has 76 valence electrons. The normalized spacial score (nSPS) is 21.6. The molecular weight excluding hydrogens is 178 g/mol. The van der Waals surface area contributed by atoms with Gasteiger partial charge in [0.05, 0.1) is 0 Å². The van der Waals surface area contributed by atoms with Gasteiger partial charge in [-0.3, -0.25) is 4.79 Å². The Labute approximate surface area is 83.3 Å². The van der Waals surface area contributed by atoms with Crippen LogP contribution >= 0.6 is 0 Å². The van der Waals surface area contributed by atoms with Crippen LogP contribution in [0.1, 0.15) is 16.9 Å². The maximum atomic E-state index is 11.9. The van der Waals surface area contributed by atoms with Gasteiger partial charge in [0.2, 0.25) is 0 Å². The Balaban J connectivity index is 2.13. The zero-order valence-corrected chi connectivity index (χ0v) is 8.31. The van der Waals surface area contributed by atoms with Gasteiger partial charge >= 0.3 is 0 Å². The van der Waals surface area contributed by atoms with E-state index in [1.807, 2.05) is 34.8 Å². The maximum absolute atomic E-state index is 11.9. The van der Waals surface area contributed by atoms with E-state index in [1.165, 1.54) is 0 Å². The average Bonchev–Trinajstić information content (AvgIpc) is 2.73. The predicted molar refractivity (Wildman–Crippen MR) is 53.9 cm³/mol. The Morgan fingerprint density at radius 2 is 2.43 bits per heavy atom. The number of carbonyl (C=O) groups excluding carboxylic acids is 1. The third-order valence-corrected chi connectivity index (χ3v) is 2.67. The number of hydrogen-bond donors (Lipinski definition) is 1. The monoisotopic (exact) mass is 193 g/mol. The molecule has 1 aliphatic rings. The van der Waals surface area contributed by atoms with Gasteiger partial charge in [0.25, 0.3) is 5.91 Å². The number of amides is 1. The molecule has 0 unspecified atom stereocenters. The first kappa shape index (κ1) is 9.27. The van der Waals surface area contributed by atoms with Gasteiger partial charge in [-0.2, -0.15) is 0 Å². The van der Waals surface area contributed by atoms with Crippen LogP contribution < -0.4 is 5.73 Å². The maximum Gasteiger partial charge on any atom is 0.270 e. The van der Waals surface area contributed by atoms with Crippen molar-refractivity contribution >= 4 is 5.91 Å². The topological polar surface area (TPSA) is 51.3 Å². The van der Waals surface area contributed by atoms with E-state index in [4.69, 9.17) is 5.73 Å². The first-order valence-electron chi connectivity index (χ1n) is 4.84. The van der Waals surface area contributed by atoms with E-state index in [0.29, 0.717) is 6.54 Å². The lowest BCUT2D eigenvalue weighted by Crippen LogP contribution is -2.32. The molecule has 1 fully saturated rings. The number of likely N-dealkylation sites (tertiary alicyclic amines) is 1. The molecule has 0 aromatic carbocycles. The number of nitrogens with zero attached hydrogens (tertiary/aromatic N) is 2. The third kappa shape index (κ3) is 1.53. The highest BCUT2D eigenvalue weighted by Gasteiger charge is 2.25. The van der Waals surface area contributed by atoms with Crippen molar-refractivity contribution in [2.75, 3.05) is 13.1 Å². The Kier molecular flexibility index (Phi) is 2.29. The molecule has 1 aromatic rings. The second-order valence-corrected chi connectivity index (χ2v) is 3.80. The fourth-order valence-electron chi connectivity index (χ4n) is 1.82. The summed E-state index contributed by atoms with van der Waals surface area (Å²) in [5.41, 5.74) is 6.49. The van der Waals surface area contributed by atoms with Crippen molar-refractivity contribution in [3.8, 4) is 0 Å². The Morgan fingerprint density at radius 3 is 2.93 bits per heavy atom. The van der Waals surface area contributed by atoms with Crippen molar-refractivity contribution in [3.05, 3.63) is 24.0 Å². The SMILES string of the molecule is Cn1cccc1C(=O)N1CC[C@@H](N)C1. The van der Waals surface area contributed by atoms with Crippen LogP contribution in [0.3, 0.4) is 0 Å². The number of aromatic nitrogens is 1. The molecule has 0 aliphatic carbocycles. The predicted octanol–water partition coefficient (Wildman–Crippen LogP) is 0.198. The van der Waals surface area contributed by atoms with Crippen molar-refractivity contribution in [1.82, 2.24) is 9.47 Å². The van der Waals surface area contributed by atoms with Gasteiger partial charge < -0.3 is 15.2 Å². The molecule has 0 spiro atoms. The minimum absolute atomic E-state index is 0.0884. The highest BCUT2D eigenvalue weighted by atomic mass is 16.2. The molecule has 2 N–H and O–H groups in total. The van der Waals surface area contributed by atoms with E-state index in [9.17, 15) is 4.79 Å². The molecular formula is C10H15N3O. The van der Waals surface area contributed by atoms with Crippen molar-refractivity contribution in [3.63, 3.8) is 0 Å². The first-order chi connectivity index (χ1) is 6.68. The summed E-state index contributed by atoms with van der Waals surface area (Å²) < 4.78 is 1.84. The molecule has 4 nitrogen and oxygen atoms in total. The lowest BCUT2D eigenvalue weighted by atomic mass is 10.3. The number of rotatable bonds is 1. The minimum atomic E-state index is 0.0884. The molecule has 1 saturated heterocycles. The summed E-state index contributed by atoms with van der Waals surface area (Å²) in [5.74, 6) is 0.0884. The Bertz CT molecular complexity index is 345. The second kappa shape index (κ2) is 3.46. The van der Waals surface area contributed by atoms with E-state index in [0.717, 1.165) is 18.7 Å². The summed E-state index contributed by atoms with van der Waals surface area (Å²) >= 11 is 0. The van der Waals surface area contributed by atoms with Gasteiger partial charge in [0, 0.05) is 32.4 Å². The van der Waals surface area contributed by atoms with Gasteiger partial charge in [-0.05, 0) is 18.6 Å². The summed E-state index contributed by atoms with van der Waals surface area (Å²) in [7, 11) is 1.88. The standard InChI is InChI=1S/C10H15N3O/c1-12-5-2-3-9(12)10(14)13-6-4-8(11)7-13/h2-3,5,8H,4,6-7,11H2,1H3/t8-/m1/s1. The Hall–Kier alpha value is -1.29. The summed E-state index contributed by atoms with van der Waals surface area (Å²) in [5, 5.41) is 0. The number of nitrogens with two attached hydrogens (primary N) is 1. The van der Waals surface area contributed by atoms with E-state index in [2.05, 4.69) is 0 Å². The van der Waals surface area contributed by atoms with Crippen LogP contribution in [-0.2, 0) is 7.05 Å². The van der Waals surface area contributed by atoms with Gasteiger partial charge in [-0.1, -0.05) is 0 Å². The van der Waals surface area contributed by atoms with Crippen molar-refractivity contribution in [2.24, 2.45) is 12.8 Å². The van der Waals surface area contributed by atoms with Crippen LogP contribution in [-0.4, -0.2) is 34.5 Å². The summed E-state index contributed by atoms with van der Waals surface area (Å²) in [6, 6.07) is 3.87. The van der Waals surface area contributed by atoms with Gasteiger partial charge in [0.1, 0.15) is 5.69 Å². The molecule has 2 heterocycles. The van der Waals surface area contributed by atoms with Crippen LogP contribution in [0.25, 0.3) is 0 Å². The third-order valence-electron chi connectivity index (χ3n) is 2.67. The summed E-state index contributed by atoms with van der Waals surface area (Å²) in [6.07, 6.45) is 2.79. The van der Waals surface area contributed by atoms with E-state index in [-0.39, 0.29) is 11.9 Å². The highest BCUT2D eigenvalue weighted by Crippen LogP contribution is 2.12. The lowest BCUT2D eigenvalue weighted by molar-refractivity contribution is 0.0781. The zero-order valence-electron chi connectivity index (χ0n) is 8.31. The van der Waals surface area contributed by atoms with E-state index < -0.39 is 0 Å². The van der Waals surface area contributed by atoms with Gasteiger partial charge in [0.15, 0.2) is 0 Å². The van der Waals surface area contributed by atoms with Crippen LogP contribution in [0.2, 0.25) is 0 Å². The zero-order chi connectivity index (χ0) is 10.1. The van der Waals surface area contributed by atoms with E-state index in [1.54, 1.807) is 0 Å². The fraction of sp³-hybridized carbons (Fsp3) is 0.500. The van der Waals surface area contributed by atoms with Crippen LogP contribution in [0.15, 0.2) is 18.3 Å². The molecule has 14 heavy (non-hydrogen) atoms. The van der Waals surface area contributed by atoms with E-state index >= 15 is 0 Å².